The van der Waals surface area contributed by atoms with Crippen molar-refractivity contribution in [2.45, 2.75) is 25.3 Å². The third-order valence-corrected chi connectivity index (χ3v) is 7.10. The highest BCUT2D eigenvalue weighted by Crippen LogP contribution is 2.23. The minimum Gasteiger partial charge on any atom is -0.465 e. The number of thiocarbonyl (C=S) groups is 1. The zero-order chi connectivity index (χ0) is 27.1. The van der Waals surface area contributed by atoms with Crippen LogP contribution in [0.2, 0.25) is 5.02 Å². The maximum absolute atomic E-state index is 13.5. The van der Waals surface area contributed by atoms with Gasteiger partial charge in [-0.2, -0.15) is 0 Å². The number of anilines is 1. The van der Waals surface area contributed by atoms with Gasteiger partial charge < -0.3 is 15.0 Å². The van der Waals surface area contributed by atoms with Gasteiger partial charge in [0.15, 0.2) is 5.11 Å². The minimum atomic E-state index is -0.708. The topological polar surface area (TPSA) is 78.9 Å². The van der Waals surface area contributed by atoms with E-state index in [0.717, 1.165) is 11.1 Å². The van der Waals surface area contributed by atoms with E-state index in [0.29, 0.717) is 47.3 Å². The van der Waals surface area contributed by atoms with Crippen molar-refractivity contribution in [3.63, 3.8) is 0 Å². The standard InChI is InChI=1S/C29H28ClN3O4S/c1-37-28(36)22-9-13-24(14-10-22)31-26(34)19-25-27(35)33(18-16-20-5-3-2-4-6-20)29(38)32(25)17-15-21-7-11-23(30)12-8-21/h2-14,25H,15-19H2,1H3,(H,31,34)/t25-/m1/s1. The summed E-state index contributed by atoms with van der Waals surface area (Å²) < 4.78 is 4.71. The fourth-order valence-corrected chi connectivity index (χ4v) is 4.86. The molecule has 1 aliphatic rings. The van der Waals surface area contributed by atoms with Crippen molar-refractivity contribution in [3.8, 4) is 0 Å². The van der Waals surface area contributed by atoms with Gasteiger partial charge in [0, 0.05) is 23.8 Å². The highest BCUT2D eigenvalue weighted by atomic mass is 35.5. The van der Waals surface area contributed by atoms with Gasteiger partial charge in [-0.1, -0.05) is 54.1 Å². The quantitative estimate of drug-likeness (QED) is 0.291. The molecule has 1 atom stereocenters. The van der Waals surface area contributed by atoms with Crippen molar-refractivity contribution in [3.05, 3.63) is 101 Å². The molecule has 2 amide bonds. The van der Waals surface area contributed by atoms with E-state index in [1.54, 1.807) is 29.2 Å². The van der Waals surface area contributed by atoms with E-state index < -0.39 is 12.0 Å². The van der Waals surface area contributed by atoms with Gasteiger partial charge in [0.05, 0.1) is 19.1 Å². The highest BCUT2D eigenvalue weighted by Gasteiger charge is 2.42. The molecule has 196 valence electrons. The Bertz CT molecular complexity index is 1300. The summed E-state index contributed by atoms with van der Waals surface area (Å²) in [5, 5.41) is 3.90. The van der Waals surface area contributed by atoms with E-state index >= 15 is 0 Å². The first-order valence-corrected chi connectivity index (χ1v) is 13.0. The van der Waals surface area contributed by atoms with Crippen LogP contribution in [0.5, 0.6) is 0 Å². The van der Waals surface area contributed by atoms with E-state index in [-0.39, 0.29) is 18.2 Å². The molecule has 0 bridgehead atoms. The van der Waals surface area contributed by atoms with Gasteiger partial charge in [-0.15, -0.1) is 0 Å². The number of nitrogens with one attached hydrogen (secondary N) is 1. The molecule has 3 aromatic carbocycles. The van der Waals surface area contributed by atoms with Gasteiger partial charge in [0.25, 0.3) is 5.91 Å². The molecule has 0 aromatic heterocycles. The predicted molar refractivity (Wildman–Crippen MR) is 151 cm³/mol. The molecule has 4 rings (SSSR count). The summed E-state index contributed by atoms with van der Waals surface area (Å²) in [6.07, 6.45) is 1.24. The first-order chi connectivity index (χ1) is 18.4. The molecule has 1 aliphatic heterocycles. The molecular weight excluding hydrogens is 522 g/mol. The molecule has 7 nitrogen and oxygen atoms in total. The second kappa shape index (κ2) is 12.7. The fourth-order valence-electron chi connectivity index (χ4n) is 4.33. The van der Waals surface area contributed by atoms with Crippen LogP contribution in [0.3, 0.4) is 0 Å². The van der Waals surface area contributed by atoms with Crippen LogP contribution in [-0.4, -0.2) is 58.9 Å². The number of ether oxygens (including phenoxy) is 1. The number of nitrogens with zero attached hydrogens (tertiary/aromatic N) is 2. The van der Waals surface area contributed by atoms with Crippen molar-refractivity contribution in [2.24, 2.45) is 0 Å². The molecule has 0 aliphatic carbocycles. The van der Waals surface area contributed by atoms with E-state index in [1.165, 1.54) is 7.11 Å². The van der Waals surface area contributed by atoms with Gasteiger partial charge in [-0.25, -0.2) is 4.79 Å². The lowest BCUT2D eigenvalue weighted by atomic mass is 10.1. The summed E-state index contributed by atoms with van der Waals surface area (Å²) in [4.78, 5) is 41.6. The Labute approximate surface area is 232 Å². The maximum atomic E-state index is 13.5. The number of rotatable bonds is 10. The van der Waals surface area contributed by atoms with Crippen molar-refractivity contribution in [1.82, 2.24) is 9.80 Å². The summed E-state index contributed by atoms with van der Waals surface area (Å²) in [6, 6.07) is 23.1. The number of carbonyl (C=O) groups is 3. The first kappa shape index (κ1) is 27.3. The van der Waals surface area contributed by atoms with E-state index in [1.807, 2.05) is 59.5 Å². The Kier molecular flexibility index (Phi) is 9.10. The zero-order valence-electron chi connectivity index (χ0n) is 20.9. The summed E-state index contributed by atoms with van der Waals surface area (Å²) in [5.74, 6) is -0.962. The lowest BCUT2D eigenvalue weighted by molar-refractivity contribution is -0.130. The summed E-state index contributed by atoms with van der Waals surface area (Å²) in [6.45, 7) is 0.923. The van der Waals surface area contributed by atoms with Crippen molar-refractivity contribution in [1.29, 1.82) is 0 Å². The molecule has 1 heterocycles. The van der Waals surface area contributed by atoms with Crippen molar-refractivity contribution in [2.75, 3.05) is 25.5 Å². The predicted octanol–water partition coefficient (Wildman–Crippen LogP) is 4.74. The molecule has 1 N–H and O–H groups in total. The number of amides is 2. The Hall–Kier alpha value is -3.75. The van der Waals surface area contributed by atoms with Crippen molar-refractivity contribution < 1.29 is 19.1 Å². The van der Waals surface area contributed by atoms with E-state index in [9.17, 15) is 14.4 Å². The number of esters is 1. The number of carbonyl (C=O) groups excluding carboxylic acids is 3. The van der Waals surface area contributed by atoms with Crippen LogP contribution >= 0.6 is 23.8 Å². The number of hydrogen-bond acceptors (Lipinski definition) is 5. The highest BCUT2D eigenvalue weighted by molar-refractivity contribution is 7.80. The fraction of sp³-hybridized carbons (Fsp3) is 0.241. The largest absolute Gasteiger partial charge is 0.465 e. The Morgan fingerprint density at radius 1 is 0.921 bits per heavy atom. The molecule has 0 radical (unpaired) electrons. The van der Waals surface area contributed by atoms with Gasteiger partial charge in [-0.3, -0.25) is 14.5 Å². The summed E-state index contributed by atoms with van der Waals surface area (Å²) >= 11 is 11.7. The molecular formula is C29H28ClN3O4S. The summed E-state index contributed by atoms with van der Waals surface area (Å²) in [5.41, 5.74) is 3.06. The Morgan fingerprint density at radius 3 is 2.21 bits per heavy atom. The molecule has 9 heteroatoms. The minimum absolute atomic E-state index is 0.0554. The van der Waals surface area contributed by atoms with Crippen LogP contribution < -0.4 is 5.32 Å². The lowest BCUT2D eigenvalue weighted by Crippen LogP contribution is -2.39. The molecule has 0 unspecified atom stereocenters. The molecule has 0 saturated carbocycles. The zero-order valence-corrected chi connectivity index (χ0v) is 22.5. The molecule has 1 fully saturated rings. The number of benzene rings is 3. The second-order valence-corrected chi connectivity index (χ2v) is 9.72. The van der Waals surface area contributed by atoms with E-state index in [2.05, 4.69) is 5.32 Å². The number of hydrogen-bond donors (Lipinski definition) is 1. The van der Waals surface area contributed by atoms with Gasteiger partial charge >= 0.3 is 5.97 Å². The van der Waals surface area contributed by atoms with Crippen LogP contribution in [0.4, 0.5) is 5.69 Å². The summed E-state index contributed by atoms with van der Waals surface area (Å²) in [7, 11) is 1.31. The molecule has 38 heavy (non-hydrogen) atoms. The van der Waals surface area contributed by atoms with E-state index in [4.69, 9.17) is 28.6 Å². The Morgan fingerprint density at radius 2 is 1.55 bits per heavy atom. The SMILES string of the molecule is COC(=O)c1ccc(NC(=O)C[C@@H]2C(=O)N(CCc3ccccc3)C(=S)N2CCc2ccc(Cl)cc2)cc1. The van der Waals surface area contributed by atoms with Crippen molar-refractivity contribution >= 4 is 52.4 Å². The van der Waals surface area contributed by atoms with Crippen LogP contribution in [0.15, 0.2) is 78.9 Å². The average molecular weight is 550 g/mol. The monoisotopic (exact) mass is 549 g/mol. The second-order valence-electron chi connectivity index (χ2n) is 8.91. The number of methoxy groups -OCH3 is 1. The third-order valence-electron chi connectivity index (χ3n) is 6.39. The molecule has 3 aromatic rings. The smallest absolute Gasteiger partial charge is 0.337 e. The van der Waals surface area contributed by atoms with Gasteiger partial charge in [0.2, 0.25) is 5.91 Å². The van der Waals surface area contributed by atoms with Crippen LogP contribution in [0, 0.1) is 0 Å². The van der Waals surface area contributed by atoms with Crippen LogP contribution in [0.1, 0.15) is 27.9 Å². The van der Waals surface area contributed by atoms with Gasteiger partial charge in [0.1, 0.15) is 6.04 Å². The van der Waals surface area contributed by atoms with Crippen LogP contribution in [0.25, 0.3) is 0 Å². The number of halogens is 1. The maximum Gasteiger partial charge on any atom is 0.337 e. The average Bonchev–Trinajstić information content (AvgIpc) is 3.15. The van der Waals surface area contributed by atoms with Gasteiger partial charge in [-0.05, 0) is 72.6 Å². The van der Waals surface area contributed by atoms with Crippen LogP contribution in [-0.2, 0) is 27.2 Å². The lowest BCUT2D eigenvalue weighted by Gasteiger charge is -2.24. The molecule has 0 spiro atoms. The first-order valence-electron chi connectivity index (χ1n) is 12.2. The Balaban J connectivity index is 1.46. The normalized spacial score (nSPS) is 15.1. The third kappa shape index (κ3) is 6.76. The molecule has 1 saturated heterocycles.